The molecule has 0 aromatic carbocycles. The van der Waals surface area contributed by atoms with Gasteiger partial charge in [-0.2, -0.15) is 0 Å². The van der Waals surface area contributed by atoms with Crippen molar-refractivity contribution < 1.29 is 107 Å². The Balaban J connectivity index is 0.00000771. The number of ether oxygens (including phenoxy) is 4. The molecular formula is C46H68BNaO16. The zero-order chi connectivity index (χ0) is 45.8. The van der Waals surface area contributed by atoms with Crippen LogP contribution in [-0.2, 0) is 56.7 Å². The number of hydrogen-bond acceptors (Lipinski definition) is 16. The number of allylic oxidation sites excluding steroid dienone is 8. The molecule has 4 N–H and O–H groups in total. The molecule has 3 spiro atoms. The van der Waals surface area contributed by atoms with Crippen LogP contribution in [0.2, 0.25) is 0 Å². The Labute approximate surface area is 398 Å². The molecule has 64 heavy (non-hydrogen) atoms. The van der Waals surface area contributed by atoms with Crippen LogP contribution in [-0.4, -0.2) is 122 Å². The summed E-state index contributed by atoms with van der Waals surface area (Å²) in [6, 6.07) is 0. The first-order valence-corrected chi connectivity index (χ1v) is 22.9. The maximum Gasteiger partial charge on any atom is 1.00 e. The third kappa shape index (κ3) is 11.6. The first kappa shape index (κ1) is 52.9. The zero-order valence-electron chi connectivity index (χ0n) is 38.6. The molecule has 0 saturated carbocycles. The number of Topliss-reactive ketones (excluding diaryl/α,β-unsaturated/α-hetero) is 2. The minimum atomic E-state index is -3.90. The molecule has 6 aliphatic heterocycles. The van der Waals surface area contributed by atoms with Crippen molar-refractivity contribution >= 4 is 30.5 Å². The molecule has 0 aromatic rings. The number of aliphatic hydroxyl groups is 4. The van der Waals surface area contributed by atoms with E-state index in [2.05, 4.69) is 0 Å². The van der Waals surface area contributed by atoms with Crippen LogP contribution in [0.25, 0.3) is 0 Å². The van der Waals surface area contributed by atoms with Gasteiger partial charge in [-0.25, -0.2) is 9.59 Å². The quantitative estimate of drug-likeness (QED) is 0.201. The maximum absolute atomic E-state index is 14.5. The Morgan fingerprint density at radius 1 is 0.562 bits per heavy atom. The average molecular weight is 911 g/mol. The number of carbonyl (C=O) groups is 4. The molecule has 7 bridgehead atoms. The van der Waals surface area contributed by atoms with E-state index in [-0.39, 0.29) is 79.6 Å². The van der Waals surface area contributed by atoms with E-state index in [0.29, 0.717) is 51.4 Å². The summed E-state index contributed by atoms with van der Waals surface area (Å²) in [6.07, 6.45) is 8.97. The predicted molar refractivity (Wildman–Crippen MR) is 227 cm³/mol. The molecule has 0 aromatic heterocycles. The second kappa shape index (κ2) is 21.9. The molecule has 6 heterocycles. The second-order valence-corrected chi connectivity index (χ2v) is 18.9. The van der Waals surface area contributed by atoms with Gasteiger partial charge in [0.15, 0.2) is 23.8 Å². The Morgan fingerprint density at radius 3 is 1.27 bits per heavy atom. The maximum atomic E-state index is 14.5. The summed E-state index contributed by atoms with van der Waals surface area (Å²) in [5.74, 6) is -9.43. The molecule has 6 rings (SSSR count). The molecule has 0 amide bonds. The summed E-state index contributed by atoms with van der Waals surface area (Å²) in [5, 5.41) is 46.4. The van der Waals surface area contributed by atoms with Gasteiger partial charge in [-0.3, -0.25) is 9.59 Å². The largest absolute Gasteiger partial charge is 1.00 e. The van der Waals surface area contributed by atoms with Crippen LogP contribution in [0.5, 0.6) is 0 Å². The van der Waals surface area contributed by atoms with E-state index in [1.54, 1.807) is 27.7 Å². The van der Waals surface area contributed by atoms with Gasteiger partial charge in [0.25, 0.3) is 0 Å². The number of fused-ring (bicyclic) bond motifs is 4. The number of esters is 2. The monoisotopic (exact) mass is 910 g/mol. The van der Waals surface area contributed by atoms with Crippen molar-refractivity contribution in [3.63, 3.8) is 0 Å². The summed E-state index contributed by atoms with van der Waals surface area (Å²) in [7, 11) is 0. The van der Waals surface area contributed by atoms with E-state index in [1.165, 1.54) is 13.8 Å². The van der Waals surface area contributed by atoms with Gasteiger partial charge in [-0.1, -0.05) is 62.5 Å². The van der Waals surface area contributed by atoms with Gasteiger partial charge in [0.2, 0.25) is 0 Å². The number of ketones is 2. The van der Waals surface area contributed by atoms with Gasteiger partial charge in [-0.05, 0) is 105 Å². The van der Waals surface area contributed by atoms with E-state index in [4.69, 9.17) is 37.6 Å². The van der Waals surface area contributed by atoms with Crippen LogP contribution in [0.15, 0.2) is 48.6 Å². The van der Waals surface area contributed by atoms with Gasteiger partial charge in [-0.15, -0.1) is 0 Å². The molecule has 4 fully saturated rings. The Bertz CT molecular complexity index is 1660. The molecule has 14 atom stereocenters. The van der Waals surface area contributed by atoms with E-state index in [9.17, 15) is 39.6 Å². The van der Waals surface area contributed by atoms with Crippen molar-refractivity contribution in [3.8, 4) is 0 Å². The molecule has 0 radical (unpaired) electrons. The number of carbonyl (C=O) groups excluding carboxylic acids is 4. The van der Waals surface area contributed by atoms with Gasteiger partial charge >= 0.3 is 48.5 Å². The van der Waals surface area contributed by atoms with Gasteiger partial charge in [0.05, 0.1) is 36.6 Å². The molecule has 6 aliphatic rings. The molecule has 18 heteroatoms. The predicted octanol–water partition coefficient (Wildman–Crippen LogP) is 1.66. The van der Waals surface area contributed by atoms with Crippen LogP contribution < -0.4 is 29.6 Å². The number of rotatable bonds is 0. The smallest absolute Gasteiger partial charge is 0.504 e. The van der Waals surface area contributed by atoms with Gasteiger partial charge < -0.3 is 58.0 Å². The number of hydrogen-bond donors (Lipinski definition) is 4. The van der Waals surface area contributed by atoms with Crippen LogP contribution in [0, 0.1) is 11.8 Å². The summed E-state index contributed by atoms with van der Waals surface area (Å²) >= 11 is 0. The van der Waals surface area contributed by atoms with E-state index in [0.717, 1.165) is 0 Å². The topological polar surface area (TPSA) is 223 Å². The first-order valence-electron chi connectivity index (χ1n) is 22.9. The molecule has 0 unspecified atom stereocenters. The van der Waals surface area contributed by atoms with Gasteiger partial charge in [0.1, 0.15) is 22.8 Å². The van der Waals surface area contributed by atoms with Crippen molar-refractivity contribution in [1.29, 1.82) is 0 Å². The van der Waals surface area contributed by atoms with Gasteiger partial charge in [0, 0.05) is 24.7 Å². The van der Waals surface area contributed by atoms with Crippen LogP contribution in [0.4, 0.5) is 0 Å². The SMILES string of the molecule is C[C@@H]1C(=O)C[C@@H](O)CC/C=C/C=C\CC[C@H](C)OC(=O)[C@@H]2O[B-]34O[C@@H](C(=O)O[C@@H](C)CC/C=C\C=C\CC[C@H](O)CC(=O)[C@@H](C)[C@@H]5CC[C@](C)(O)[C@]2(O5)O3)[C@@]2(O[C@H]1CC[C@]2(C)O)O4.[Na+]. The summed E-state index contributed by atoms with van der Waals surface area (Å²) < 4.78 is 51.2. The van der Waals surface area contributed by atoms with E-state index < -0.39 is 102 Å². The molecular weight excluding hydrogens is 842 g/mol. The number of cyclic esters (lactones) is 2. The van der Waals surface area contributed by atoms with Crippen molar-refractivity contribution in [2.45, 2.75) is 203 Å². The summed E-state index contributed by atoms with van der Waals surface area (Å²) in [6.45, 7) is 5.49. The minimum absolute atomic E-state index is 0. The van der Waals surface area contributed by atoms with Crippen LogP contribution in [0.1, 0.15) is 131 Å². The minimum Gasteiger partial charge on any atom is -0.504 e. The van der Waals surface area contributed by atoms with Crippen molar-refractivity contribution in [2.24, 2.45) is 11.8 Å². The molecule has 352 valence electrons. The fraction of sp³-hybridized carbons (Fsp3) is 0.739. The molecule has 0 aliphatic carbocycles. The van der Waals surface area contributed by atoms with Crippen molar-refractivity contribution in [1.82, 2.24) is 0 Å². The molecule has 16 nitrogen and oxygen atoms in total. The summed E-state index contributed by atoms with van der Waals surface area (Å²) in [4.78, 5) is 56.6. The fourth-order valence-electron chi connectivity index (χ4n) is 9.40. The van der Waals surface area contributed by atoms with E-state index in [1.807, 2.05) is 48.6 Å². The number of aliphatic hydroxyl groups excluding tert-OH is 2. The van der Waals surface area contributed by atoms with Crippen molar-refractivity contribution in [3.05, 3.63) is 48.6 Å². The third-order valence-corrected chi connectivity index (χ3v) is 13.6. The van der Waals surface area contributed by atoms with E-state index >= 15 is 0 Å². The molecule has 4 saturated heterocycles. The Kier molecular flexibility index (Phi) is 18.1. The van der Waals surface area contributed by atoms with Crippen LogP contribution in [0.3, 0.4) is 0 Å². The fourth-order valence-corrected chi connectivity index (χ4v) is 9.40. The average Bonchev–Trinajstić information content (AvgIpc) is 3.72. The first-order chi connectivity index (χ1) is 29.7. The third-order valence-electron chi connectivity index (χ3n) is 13.6. The van der Waals surface area contributed by atoms with Crippen LogP contribution >= 0.6 is 0 Å². The van der Waals surface area contributed by atoms with Crippen molar-refractivity contribution in [2.75, 3.05) is 0 Å². The standard InChI is InChI=1S/C46H68BO16.Na/c1-29-19-15-11-7-9-13-17-21-33(48)28-36(51)32(4)38-24-26-44(6,55)46(59-38)40-42(53)57-30(2)20-16-12-8-10-14-18-22-34(49)27-35(50)31(3)37-23-25-43(5,54)45(58-37)39(41(52)56-29)60-47(61-40,62-45)63-46;/h7-14,29-34,37-40,48-49,54-55H,15-28H2,1-6H3;/q-1;+1/b11-7-,12-8-,13-9+,14-10+;/t29-,30-,31+,32+,33-,34-,37-,38-,39-,40-,43-,44-,45+,46+,47?;/m0./s1. The second-order valence-electron chi connectivity index (χ2n) is 18.9. The summed E-state index contributed by atoms with van der Waals surface area (Å²) in [5.41, 5.74) is -4.13. The Morgan fingerprint density at radius 2 is 0.906 bits per heavy atom. The Hall–Kier alpha value is -2.10. The normalized spacial score (nSPS) is 46.7. The zero-order valence-corrected chi connectivity index (χ0v) is 40.6.